The Morgan fingerprint density at radius 1 is 1.06 bits per heavy atom. The molecule has 100 valence electrons. The topological polar surface area (TPSA) is 72.7 Å². The fourth-order valence-electron chi connectivity index (χ4n) is 2.13. The van der Waals surface area contributed by atoms with Crippen molar-refractivity contribution in [3.8, 4) is 0 Å². The highest BCUT2D eigenvalue weighted by molar-refractivity contribution is 7.98. The molecule has 0 spiro atoms. The van der Waals surface area contributed by atoms with Crippen molar-refractivity contribution in [2.75, 3.05) is 12.4 Å². The van der Waals surface area contributed by atoms with Crippen LogP contribution < -0.4 is 5.32 Å². The van der Waals surface area contributed by atoms with Crippen LogP contribution in [0.4, 0.5) is 0 Å². The first-order chi connectivity index (χ1) is 8.72. The van der Waals surface area contributed by atoms with E-state index in [1.165, 1.54) is 5.56 Å². The molecule has 0 aromatic heterocycles. The van der Waals surface area contributed by atoms with E-state index in [-0.39, 0.29) is 12.6 Å². The van der Waals surface area contributed by atoms with Gasteiger partial charge in [-0.25, -0.2) is 0 Å². The first kappa shape index (κ1) is 13.8. The molecular formula is C13H19NO3S. The van der Waals surface area contributed by atoms with Gasteiger partial charge in [0.2, 0.25) is 0 Å². The Labute approximate surface area is 111 Å². The lowest BCUT2D eigenvalue weighted by Gasteiger charge is -2.15. The second-order valence-electron chi connectivity index (χ2n) is 4.54. The second-order valence-corrected chi connectivity index (χ2v) is 5.57. The van der Waals surface area contributed by atoms with Crippen LogP contribution in [-0.2, 0) is 5.75 Å². The molecule has 0 amide bonds. The van der Waals surface area contributed by atoms with Gasteiger partial charge < -0.3 is 20.6 Å². The molecule has 4 N–H and O–H groups in total. The van der Waals surface area contributed by atoms with E-state index in [4.69, 9.17) is 5.11 Å². The summed E-state index contributed by atoms with van der Waals surface area (Å²) >= 11 is 1.71. The quantitative estimate of drug-likeness (QED) is 0.604. The predicted octanol–water partition coefficient (Wildman–Crippen LogP) is -0.0257. The SMILES string of the molecule is OC[C@H]1N[C@@H](CSCc2ccccc2)[C@@H](O)[C@@H]1O. The minimum atomic E-state index is -0.877. The molecule has 1 aromatic rings. The maximum Gasteiger partial charge on any atom is 0.0989 e. The summed E-state index contributed by atoms with van der Waals surface area (Å²) in [5.74, 6) is 1.59. The minimum absolute atomic E-state index is 0.155. The third kappa shape index (κ3) is 3.24. The molecule has 1 saturated heterocycles. The van der Waals surface area contributed by atoms with Crippen LogP contribution in [-0.4, -0.2) is 52.0 Å². The van der Waals surface area contributed by atoms with Crippen molar-refractivity contribution < 1.29 is 15.3 Å². The molecule has 1 aliphatic rings. The van der Waals surface area contributed by atoms with Gasteiger partial charge in [-0.05, 0) is 5.56 Å². The lowest BCUT2D eigenvalue weighted by Crippen LogP contribution is -2.37. The van der Waals surface area contributed by atoms with Gasteiger partial charge in [0.15, 0.2) is 0 Å². The minimum Gasteiger partial charge on any atom is -0.395 e. The Bertz CT molecular complexity index is 363. The van der Waals surface area contributed by atoms with Crippen molar-refractivity contribution in [1.29, 1.82) is 0 Å². The number of aliphatic hydroxyl groups excluding tert-OH is 3. The van der Waals surface area contributed by atoms with Gasteiger partial charge in [0, 0.05) is 17.5 Å². The fourth-order valence-corrected chi connectivity index (χ4v) is 3.23. The average Bonchev–Trinajstić information content (AvgIpc) is 2.68. The number of benzene rings is 1. The van der Waals surface area contributed by atoms with Gasteiger partial charge in [-0.15, -0.1) is 0 Å². The fraction of sp³-hybridized carbons (Fsp3) is 0.538. The third-order valence-corrected chi connectivity index (χ3v) is 4.34. The van der Waals surface area contributed by atoms with Crippen LogP contribution in [0.15, 0.2) is 30.3 Å². The molecule has 5 heteroatoms. The van der Waals surface area contributed by atoms with E-state index in [0.717, 1.165) is 5.75 Å². The van der Waals surface area contributed by atoms with E-state index in [1.807, 2.05) is 18.2 Å². The summed E-state index contributed by atoms with van der Waals surface area (Å²) < 4.78 is 0. The maximum atomic E-state index is 9.82. The van der Waals surface area contributed by atoms with Crippen molar-refractivity contribution in [2.24, 2.45) is 0 Å². The number of nitrogens with one attached hydrogen (secondary N) is 1. The summed E-state index contributed by atoms with van der Waals surface area (Å²) in [5.41, 5.74) is 1.24. The zero-order valence-corrected chi connectivity index (χ0v) is 10.9. The Kier molecular flexibility index (Phi) is 5.03. The van der Waals surface area contributed by atoms with Crippen LogP contribution in [0.3, 0.4) is 0 Å². The van der Waals surface area contributed by atoms with Gasteiger partial charge in [0.1, 0.15) is 0 Å². The molecule has 2 rings (SSSR count). The van der Waals surface area contributed by atoms with E-state index in [9.17, 15) is 10.2 Å². The summed E-state index contributed by atoms with van der Waals surface area (Å²) in [6, 6.07) is 9.55. The first-order valence-corrected chi connectivity index (χ1v) is 7.22. The van der Waals surface area contributed by atoms with Crippen molar-refractivity contribution in [3.05, 3.63) is 35.9 Å². The summed E-state index contributed by atoms with van der Waals surface area (Å²) in [4.78, 5) is 0. The molecular weight excluding hydrogens is 250 g/mol. The van der Waals surface area contributed by atoms with Gasteiger partial charge in [-0.1, -0.05) is 30.3 Å². The normalized spacial score (nSPS) is 31.7. The van der Waals surface area contributed by atoms with Gasteiger partial charge in [-0.2, -0.15) is 11.8 Å². The van der Waals surface area contributed by atoms with Crippen molar-refractivity contribution in [2.45, 2.75) is 30.0 Å². The van der Waals surface area contributed by atoms with Crippen LogP contribution in [0.5, 0.6) is 0 Å². The number of aliphatic hydroxyl groups is 3. The van der Waals surface area contributed by atoms with E-state index in [2.05, 4.69) is 17.4 Å². The molecule has 4 atom stereocenters. The van der Waals surface area contributed by atoms with Crippen LogP contribution in [0.1, 0.15) is 5.56 Å². The molecule has 1 fully saturated rings. The Balaban J connectivity index is 1.77. The number of hydrogen-bond donors (Lipinski definition) is 4. The summed E-state index contributed by atoms with van der Waals surface area (Å²) in [7, 11) is 0. The second kappa shape index (κ2) is 6.54. The van der Waals surface area contributed by atoms with Crippen LogP contribution >= 0.6 is 11.8 Å². The van der Waals surface area contributed by atoms with Crippen molar-refractivity contribution in [1.82, 2.24) is 5.32 Å². The Hall–Kier alpha value is -0.590. The van der Waals surface area contributed by atoms with Crippen LogP contribution in [0, 0.1) is 0 Å². The Morgan fingerprint density at radius 3 is 2.33 bits per heavy atom. The van der Waals surface area contributed by atoms with Crippen molar-refractivity contribution >= 4 is 11.8 Å². The van der Waals surface area contributed by atoms with E-state index in [0.29, 0.717) is 5.75 Å². The third-order valence-electron chi connectivity index (χ3n) is 3.21. The molecule has 0 unspecified atom stereocenters. The predicted molar refractivity (Wildman–Crippen MR) is 72.4 cm³/mol. The first-order valence-electron chi connectivity index (χ1n) is 6.07. The van der Waals surface area contributed by atoms with Gasteiger partial charge in [0.05, 0.1) is 24.9 Å². The highest BCUT2D eigenvalue weighted by atomic mass is 32.2. The molecule has 18 heavy (non-hydrogen) atoms. The summed E-state index contributed by atoms with van der Waals surface area (Å²) in [6.45, 7) is -0.155. The highest BCUT2D eigenvalue weighted by Crippen LogP contribution is 2.20. The smallest absolute Gasteiger partial charge is 0.0989 e. The molecule has 1 aliphatic heterocycles. The molecule has 0 radical (unpaired) electrons. The van der Waals surface area contributed by atoms with Gasteiger partial charge in [-0.3, -0.25) is 0 Å². The molecule has 0 bridgehead atoms. The van der Waals surface area contributed by atoms with E-state index < -0.39 is 18.2 Å². The molecule has 0 aliphatic carbocycles. The van der Waals surface area contributed by atoms with Crippen molar-refractivity contribution in [3.63, 3.8) is 0 Å². The average molecular weight is 269 g/mol. The monoisotopic (exact) mass is 269 g/mol. The molecule has 1 heterocycles. The van der Waals surface area contributed by atoms with E-state index >= 15 is 0 Å². The lowest BCUT2D eigenvalue weighted by atomic mass is 10.1. The summed E-state index contributed by atoms with van der Waals surface area (Å²) in [6.07, 6.45) is -1.68. The zero-order valence-electron chi connectivity index (χ0n) is 10.1. The van der Waals surface area contributed by atoms with Gasteiger partial charge >= 0.3 is 0 Å². The van der Waals surface area contributed by atoms with Crippen LogP contribution in [0.2, 0.25) is 0 Å². The number of rotatable bonds is 5. The Morgan fingerprint density at radius 2 is 1.72 bits per heavy atom. The standard InChI is InChI=1S/C13H19NO3S/c15-6-10-12(16)13(17)11(14-10)8-18-7-9-4-2-1-3-5-9/h1-5,10-17H,6-8H2/t10-,11+,12-,13-/m1/s1. The number of hydrogen-bond acceptors (Lipinski definition) is 5. The maximum absolute atomic E-state index is 9.82. The van der Waals surface area contributed by atoms with E-state index in [1.54, 1.807) is 11.8 Å². The zero-order chi connectivity index (χ0) is 13.0. The molecule has 4 nitrogen and oxygen atoms in total. The molecule has 0 saturated carbocycles. The molecule has 1 aromatic carbocycles. The largest absolute Gasteiger partial charge is 0.395 e. The summed E-state index contributed by atoms with van der Waals surface area (Å²) in [5, 5.41) is 31.6. The van der Waals surface area contributed by atoms with Gasteiger partial charge in [0.25, 0.3) is 0 Å². The number of thioether (sulfide) groups is 1. The highest BCUT2D eigenvalue weighted by Gasteiger charge is 2.40. The lowest BCUT2D eigenvalue weighted by molar-refractivity contribution is 0.0219. The van der Waals surface area contributed by atoms with Crippen LogP contribution in [0.25, 0.3) is 0 Å².